The van der Waals surface area contributed by atoms with E-state index in [1.807, 2.05) is 0 Å². The number of likely N-dealkylation sites (tertiary alicyclic amines) is 1. The van der Waals surface area contributed by atoms with Crippen molar-refractivity contribution in [3.05, 3.63) is 0 Å². The lowest BCUT2D eigenvalue weighted by molar-refractivity contribution is -0.141. The van der Waals surface area contributed by atoms with Crippen molar-refractivity contribution in [2.24, 2.45) is 5.92 Å². The van der Waals surface area contributed by atoms with Crippen molar-refractivity contribution in [3.63, 3.8) is 0 Å². The van der Waals surface area contributed by atoms with Gasteiger partial charge in [-0.25, -0.2) is 4.79 Å². The number of carbonyl (C=O) groups is 2. The Morgan fingerprint density at radius 2 is 1.91 bits per heavy atom. The van der Waals surface area contributed by atoms with E-state index >= 15 is 0 Å². The van der Waals surface area contributed by atoms with Gasteiger partial charge < -0.3 is 24.4 Å². The number of nitrogens with one attached hydrogen (secondary N) is 1. The molecule has 0 aliphatic carbocycles. The molecule has 2 rings (SSSR count). The minimum Gasteiger partial charge on any atom is -0.444 e. The van der Waals surface area contributed by atoms with E-state index in [-0.39, 0.29) is 18.1 Å². The van der Waals surface area contributed by atoms with Crippen LogP contribution in [0.5, 0.6) is 0 Å². The number of carbonyl (C=O) groups excluding carboxylic acids is 2. The number of alkyl carbamates (subject to hydrolysis) is 1. The fourth-order valence-corrected chi connectivity index (χ4v) is 2.90. The van der Waals surface area contributed by atoms with Crippen LogP contribution in [0.3, 0.4) is 0 Å². The molecule has 0 aromatic rings. The predicted octanol–water partition coefficient (Wildman–Crippen LogP) is 1.51. The molecule has 132 valence electrons. The van der Waals surface area contributed by atoms with Crippen LogP contribution in [0.1, 0.15) is 40.5 Å². The van der Waals surface area contributed by atoms with Crippen molar-refractivity contribution in [1.29, 1.82) is 0 Å². The van der Waals surface area contributed by atoms with Crippen LogP contribution in [0, 0.1) is 5.92 Å². The van der Waals surface area contributed by atoms with E-state index in [0.29, 0.717) is 26.3 Å². The molecule has 0 saturated carbocycles. The van der Waals surface area contributed by atoms with E-state index in [1.165, 1.54) is 0 Å². The molecule has 2 atom stereocenters. The average molecular weight is 328 g/mol. The summed E-state index contributed by atoms with van der Waals surface area (Å²) in [5, 5.41) is 2.60. The summed E-state index contributed by atoms with van der Waals surface area (Å²) >= 11 is 0. The first-order chi connectivity index (χ1) is 10.8. The zero-order chi connectivity index (χ0) is 17.0. The van der Waals surface area contributed by atoms with Crippen LogP contribution < -0.4 is 5.32 Å². The van der Waals surface area contributed by atoms with Crippen molar-refractivity contribution < 1.29 is 23.8 Å². The molecule has 0 radical (unpaired) electrons. The summed E-state index contributed by atoms with van der Waals surface area (Å²) in [7, 11) is 0. The second-order valence-electron chi connectivity index (χ2n) is 7.16. The van der Waals surface area contributed by atoms with Gasteiger partial charge in [-0.2, -0.15) is 0 Å². The third-order valence-corrected chi connectivity index (χ3v) is 3.91. The third-order valence-electron chi connectivity index (χ3n) is 3.91. The van der Waals surface area contributed by atoms with Gasteiger partial charge >= 0.3 is 6.09 Å². The first kappa shape index (κ1) is 18.0. The van der Waals surface area contributed by atoms with Crippen LogP contribution in [0.2, 0.25) is 0 Å². The molecule has 0 aromatic heterocycles. The Balaban J connectivity index is 1.84. The number of hydrogen-bond donors (Lipinski definition) is 1. The molecule has 2 saturated heterocycles. The van der Waals surface area contributed by atoms with Crippen LogP contribution >= 0.6 is 0 Å². The zero-order valence-corrected chi connectivity index (χ0v) is 14.5. The van der Waals surface area contributed by atoms with Gasteiger partial charge in [0.25, 0.3) is 0 Å². The van der Waals surface area contributed by atoms with Gasteiger partial charge in [0.2, 0.25) is 5.91 Å². The molecule has 1 N–H and O–H groups in total. The first-order valence-electron chi connectivity index (χ1n) is 8.28. The van der Waals surface area contributed by atoms with Crippen LogP contribution in [0.4, 0.5) is 4.79 Å². The molecule has 2 aliphatic heterocycles. The van der Waals surface area contributed by atoms with Gasteiger partial charge in [0.05, 0.1) is 13.2 Å². The standard InChI is InChI=1S/C16H28N2O5/c1-11(17-15(20)23-16(2,3)4)13(19)18-7-5-6-12(10-18)14-21-8-9-22-14/h11-12,14H,5-10H2,1-4H3,(H,17,20). The van der Waals surface area contributed by atoms with E-state index in [9.17, 15) is 9.59 Å². The number of amides is 2. The second-order valence-corrected chi connectivity index (χ2v) is 7.16. The molecular formula is C16H28N2O5. The molecular weight excluding hydrogens is 300 g/mol. The Kier molecular flexibility index (Phi) is 5.86. The quantitative estimate of drug-likeness (QED) is 0.850. The maximum absolute atomic E-state index is 12.5. The molecule has 2 heterocycles. The van der Waals surface area contributed by atoms with Crippen LogP contribution in [0.15, 0.2) is 0 Å². The number of rotatable bonds is 3. The van der Waals surface area contributed by atoms with Gasteiger partial charge in [0.1, 0.15) is 11.6 Å². The van der Waals surface area contributed by atoms with E-state index in [0.717, 1.165) is 12.8 Å². The zero-order valence-electron chi connectivity index (χ0n) is 14.5. The summed E-state index contributed by atoms with van der Waals surface area (Å²) in [6.45, 7) is 9.57. The van der Waals surface area contributed by atoms with Gasteiger partial charge in [-0.05, 0) is 40.5 Å². The molecule has 2 aliphatic rings. The lowest BCUT2D eigenvalue weighted by atomic mass is 9.97. The number of ether oxygens (including phenoxy) is 3. The normalized spacial score (nSPS) is 24.3. The Morgan fingerprint density at radius 3 is 2.52 bits per heavy atom. The molecule has 2 amide bonds. The first-order valence-corrected chi connectivity index (χ1v) is 8.28. The number of nitrogens with zero attached hydrogens (tertiary/aromatic N) is 1. The van der Waals surface area contributed by atoms with Gasteiger partial charge in [-0.1, -0.05) is 0 Å². The molecule has 23 heavy (non-hydrogen) atoms. The SMILES string of the molecule is CC(NC(=O)OC(C)(C)C)C(=O)N1CCCC(C2OCCO2)C1. The fourth-order valence-electron chi connectivity index (χ4n) is 2.90. The number of hydrogen-bond acceptors (Lipinski definition) is 5. The van der Waals surface area contributed by atoms with Crippen LogP contribution in [-0.4, -0.2) is 61.1 Å². The van der Waals surface area contributed by atoms with E-state index in [1.54, 1.807) is 32.6 Å². The summed E-state index contributed by atoms with van der Waals surface area (Å²) in [6.07, 6.45) is 1.12. The van der Waals surface area contributed by atoms with Crippen molar-refractivity contribution in [1.82, 2.24) is 10.2 Å². The van der Waals surface area contributed by atoms with Gasteiger partial charge in [0.15, 0.2) is 6.29 Å². The number of piperidine rings is 1. The largest absolute Gasteiger partial charge is 0.444 e. The summed E-state index contributed by atoms with van der Waals surface area (Å²) in [5.74, 6) is 0.0995. The van der Waals surface area contributed by atoms with Crippen LogP contribution in [0.25, 0.3) is 0 Å². The monoisotopic (exact) mass is 328 g/mol. The average Bonchev–Trinajstić information content (AvgIpc) is 2.98. The molecule has 7 nitrogen and oxygen atoms in total. The van der Waals surface area contributed by atoms with Crippen molar-refractivity contribution in [3.8, 4) is 0 Å². The van der Waals surface area contributed by atoms with Gasteiger partial charge in [-0.15, -0.1) is 0 Å². The molecule has 2 unspecified atom stereocenters. The summed E-state index contributed by atoms with van der Waals surface area (Å²) < 4.78 is 16.3. The highest BCUT2D eigenvalue weighted by atomic mass is 16.7. The maximum Gasteiger partial charge on any atom is 0.408 e. The van der Waals surface area contributed by atoms with Crippen LogP contribution in [-0.2, 0) is 19.0 Å². The van der Waals surface area contributed by atoms with E-state index in [4.69, 9.17) is 14.2 Å². The van der Waals surface area contributed by atoms with Gasteiger partial charge in [0, 0.05) is 19.0 Å². The highest BCUT2D eigenvalue weighted by Gasteiger charge is 2.34. The van der Waals surface area contributed by atoms with Crippen molar-refractivity contribution >= 4 is 12.0 Å². The molecule has 2 fully saturated rings. The topological polar surface area (TPSA) is 77.1 Å². The Morgan fingerprint density at radius 1 is 1.26 bits per heavy atom. The lowest BCUT2D eigenvalue weighted by Crippen LogP contribution is -2.52. The van der Waals surface area contributed by atoms with Crippen molar-refractivity contribution in [2.75, 3.05) is 26.3 Å². The lowest BCUT2D eigenvalue weighted by Gasteiger charge is -2.36. The molecule has 0 spiro atoms. The predicted molar refractivity (Wildman–Crippen MR) is 83.8 cm³/mol. The summed E-state index contributed by atoms with van der Waals surface area (Å²) in [6, 6.07) is -0.617. The summed E-state index contributed by atoms with van der Waals surface area (Å²) in [5.41, 5.74) is -0.583. The highest BCUT2D eigenvalue weighted by molar-refractivity contribution is 5.85. The Labute approximate surface area is 137 Å². The minimum atomic E-state index is -0.617. The Bertz CT molecular complexity index is 429. The van der Waals surface area contributed by atoms with E-state index in [2.05, 4.69) is 5.32 Å². The maximum atomic E-state index is 12.5. The Hall–Kier alpha value is -1.34. The minimum absolute atomic E-state index is 0.0986. The molecule has 0 aromatic carbocycles. The second kappa shape index (κ2) is 7.49. The highest BCUT2D eigenvalue weighted by Crippen LogP contribution is 2.25. The van der Waals surface area contributed by atoms with Crippen molar-refractivity contribution in [2.45, 2.75) is 58.5 Å². The summed E-state index contributed by atoms with van der Waals surface area (Å²) in [4.78, 5) is 26.1. The third kappa shape index (κ3) is 5.35. The fraction of sp³-hybridized carbons (Fsp3) is 0.875. The van der Waals surface area contributed by atoms with E-state index < -0.39 is 17.7 Å². The van der Waals surface area contributed by atoms with Gasteiger partial charge in [-0.3, -0.25) is 4.79 Å². The molecule has 0 bridgehead atoms. The smallest absolute Gasteiger partial charge is 0.408 e. The molecule has 7 heteroatoms.